The van der Waals surface area contributed by atoms with E-state index in [0.29, 0.717) is 17.8 Å². The number of anilines is 1. The number of hydrogen-bond donors (Lipinski definition) is 1. The SMILES string of the molecule is CC(C)N(CNc1ccc2ccccc2c1-c1c(-c2cc(C(F)(F)F)cc(C(F)(F)F)c2)ccc2ccccc12)C(C)C. The highest BCUT2D eigenvalue weighted by molar-refractivity contribution is 6.14. The normalized spacial score (nSPS) is 12.7. The van der Waals surface area contributed by atoms with Crippen LogP contribution in [0.25, 0.3) is 43.8 Å². The van der Waals surface area contributed by atoms with Crippen LogP contribution in [0.4, 0.5) is 32.0 Å². The van der Waals surface area contributed by atoms with Crippen molar-refractivity contribution in [2.24, 2.45) is 0 Å². The van der Waals surface area contributed by atoms with Gasteiger partial charge in [-0.05, 0) is 84.6 Å². The first-order chi connectivity index (χ1) is 20.3. The van der Waals surface area contributed by atoms with Gasteiger partial charge in [-0.1, -0.05) is 66.7 Å². The molecule has 0 radical (unpaired) electrons. The van der Waals surface area contributed by atoms with Gasteiger partial charge >= 0.3 is 12.4 Å². The Balaban J connectivity index is 1.86. The van der Waals surface area contributed by atoms with Gasteiger partial charge in [0.05, 0.1) is 17.8 Å². The van der Waals surface area contributed by atoms with E-state index in [4.69, 9.17) is 0 Å². The van der Waals surface area contributed by atoms with E-state index in [9.17, 15) is 26.3 Å². The van der Waals surface area contributed by atoms with Crippen molar-refractivity contribution >= 4 is 27.2 Å². The molecule has 8 heteroatoms. The number of halogens is 6. The lowest BCUT2D eigenvalue weighted by atomic mass is 9.85. The van der Waals surface area contributed by atoms with E-state index >= 15 is 0 Å². The highest BCUT2D eigenvalue weighted by Crippen LogP contribution is 2.47. The Labute approximate surface area is 246 Å². The third kappa shape index (κ3) is 6.20. The molecule has 0 heterocycles. The van der Waals surface area contributed by atoms with Gasteiger partial charge in [0.2, 0.25) is 0 Å². The largest absolute Gasteiger partial charge is 0.416 e. The molecule has 0 bridgehead atoms. The Kier molecular flexibility index (Phi) is 8.18. The molecule has 0 aliphatic rings. The molecule has 0 unspecified atom stereocenters. The van der Waals surface area contributed by atoms with Crippen LogP contribution in [0.1, 0.15) is 38.8 Å². The van der Waals surface area contributed by atoms with Crippen LogP contribution in [0, 0.1) is 0 Å². The van der Waals surface area contributed by atoms with E-state index in [1.807, 2.05) is 60.7 Å². The van der Waals surface area contributed by atoms with Crippen LogP contribution in [0.3, 0.4) is 0 Å². The smallest absolute Gasteiger partial charge is 0.372 e. The van der Waals surface area contributed by atoms with Crippen LogP contribution < -0.4 is 5.32 Å². The number of nitrogens with one attached hydrogen (secondary N) is 1. The van der Waals surface area contributed by atoms with Crippen molar-refractivity contribution in [2.75, 3.05) is 12.0 Å². The van der Waals surface area contributed by atoms with Gasteiger partial charge in [-0.2, -0.15) is 26.3 Å². The zero-order chi connectivity index (χ0) is 31.1. The van der Waals surface area contributed by atoms with Crippen LogP contribution in [0.2, 0.25) is 0 Å². The number of nitrogens with zero attached hydrogens (tertiary/aromatic N) is 1. The third-order valence-corrected chi connectivity index (χ3v) is 7.79. The Bertz CT molecular complexity index is 1730. The van der Waals surface area contributed by atoms with Crippen molar-refractivity contribution in [3.05, 3.63) is 102 Å². The molecule has 224 valence electrons. The van der Waals surface area contributed by atoms with Crippen LogP contribution in [0.15, 0.2) is 91.0 Å². The van der Waals surface area contributed by atoms with Crippen LogP contribution >= 0.6 is 0 Å². The van der Waals surface area contributed by atoms with E-state index in [-0.39, 0.29) is 29.3 Å². The van der Waals surface area contributed by atoms with Gasteiger partial charge in [0.25, 0.3) is 0 Å². The molecule has 0 saturated heterocycles. The van der Waals surface area contributed by atoms with Crippen molar-refractivity contribution in [3.63, 3.8) is 0 Å². The molecule has 1 N–H and O–H groups in total. The molecule has 5 aromatic rings. The fourth-order valence-electron chi connectivity index (χ4n) is 5.72. The summed E-state index contributed by atoms with van der Waals surface area (Å²) in [4.78, 5) is 2.26. The molecule has 0 spiro atoms. The fraction of sp³-hybridized carbons (Fsp3) is 0.257. The molecule has 0 saturated carbocycles. The average Bonchev–Trinajstić information content (AvgIpc) is 2.95. The second-order valence-electron chi connectivity index (χ2n) is 11.2. The molecular weight excluding hydrogens is 562 g/mol. The van der Waals surface area contributed by atoms with E-state index in [1.165, 1.54) is 0 Å². The van der Waals surface area contributed by atoms with Gasteiger partial charge < -0.3 is 5.32 Å². The Morgan fingerprint density at radius 2 is 1.09 bits per heavy atom. The Morgan fingerprint density at radius 1 is 0.605 bits per heavy atom. The lowest BCUT2D eigenvalue weighted by Crippen LogP contribution is -2.40. The predicted molar refractivity (Wildman–Crippen MR) is 163 cm³/mol. The van der Waals surface area contributed by atoms with E-state index in [1.54, 1.807) is 12.1 Å². The van der Waals surface area contributed by atoms with E-state index in [2.05, 4.69) is 37.9 Å². The van der Waals surface area contributed by atoms with Crippen LogP contribution in [-0.4, -0.2) is 23.7 Å². The average molecular weight is 595 g/mol. The summed E-state index contributed by atoms with van der Waals surface area (Å²) in [6, 6.07) is 24.5. The maximum atomic E-state index is 13.9. The summed E-state index contributed by atoms with van der Waals surface area (Å²) in [6.45, 7) is 8.87. The van der Waals surface area contributed by atoms with E-state index in [0.717, 1.165) is 39.4 Å². The molecule has 5 rings (SSSR count). The molecule has 0 aliphatic carbocycles. The standard InChI is InChI=1S/C35H32F6N2/c1-21(2)43(22(3)4)20-42-31-16-14-24-10-6-8-12-29(24)33(31)32-28-11-7-5-9-23(28)13-15-30(32)25-17-26(34(36,37)38)19-27(18-25)35(39,40)41/h5-19,21-22,42H,20H2,1-4H3. The maximum Gasteiger partial charge on any atom is 0.416 e. The first-order valence-electron chi connectivity index (χ1n) is 14.1. The summed E-state index contributed by atoms with van der Waals surface area (Å²) < 4.78 is 83.6. The summed E-state index contributed by atoms with van der Waals surface area (Å²) in [5, 5.41) is 6.80. The van der Waals surface area contributed by atoms with Gasteiger partial charge in [0.15, 0.2) is 0 Å². The highest BCUT2D eigenvalue weighted by atomic mass is 19.4. The summed E-state index contributed by atoms with van der Waals surface area (Å²) in [7, 11) is 0. The van der Waals surface area contributed by atoms with Gasteiger partial charge in [-0.3, -0.25) is 4.90 Å². The third-order valence-electron chi connectivity index (χ3n) is 7.79. The molecule has 0 fully saturated rings. The quantitative estimate of drug-likeness (QED) is 0.149. The van der Waals surface area contributed by atoms with E-state index < -0.39 is 23.5 Å². The van der Waals surface area contributed by atoms with Crippen molar-refractivity contribution in [2.45, 2.75) is 52.1 Å². The number of fused-ring (bicyclic) bond motifs is 2. The number of benzene rings is 5. The summed E-state index contributed by atoms with van der Waals surface area (Å²) in [5.74, 6) is 0. The molecule has 5 aromatic carbocycles. The minimum Gasteiger partial charge on any atom is -0.372 e. The Morgan fingerprint density at radius 3 is 1.60 bits per heavy atom. The zero-order valence-electron chi connectivity index (χ0n) is 24.2. The van der Waals surface area contributed by atoms with Crippen LogP contribution in [0.5, 0.6) is 0 Å². The van der Waals surface area contributed by atoms with Gasteiger partial charge in [-0.25, -0.2) is 0 Å². The lowest BCUT2D eigenvalue weighted by molar-refractivity contribution is -0.143. The molecule has 0 atom stereocenters. The first-order valence-corrected chi connectivity index (χ1v) is 14.1. The Hall–Kier alpha value is -4.04. The lowest BCUT2D eigenvalue weighted by Gasteiger charge is -2.31. The summed E-state index contributed by atoms with van der Waals surface area (Å²) >= 11 is 0. The molecule has 0 aromatic heterocycles. The molecule has 2 nitrogen and oxygen atoms in total. The van der Waals surface area contributed by atoms with Gasteiger partial charge in [0, 0.05) is 28.9 Å². The maximum absolute atomic E-state index is 13.9. The molecule has 0 amide bonds. The fourth-order valence-corrected chi connectivity index (χ4v) is 5.72. The molecular formula is C35H32F6N2. The van der Waals surface area contributed by atoms with Crippen LogP contribution in [-0.2, 0) is 12.4 Å². The number of rotatable bonds is 7. The number of hydrogen-bond acceptors (Lipinski definition) is 2. The van der Waals surface area contributed by atoms with Crippen molar-refractivity contribution in [1.29, 1.82) is 0 Å². The zero-order valence-corrected chi connectivity index (χ0v) is 24.2. The van der Waals surface area contributed by atoms with Gasteiger partial charge in [0.1, 0.15) is 0 Å². The first kappa shape index (κ1) is 30.4. The van der Waals surface area contributed by atoms with Crippen molar-refractivity contribution < 1.29 is 26.3 Å². The highest BCUT2D eigenvalue weighted by Gasteiger charge is 2.37. The second-order valence-corrected chi connectivity index (χ2v) is 11.2. The minimum atomic E-state index is -4.96. The molecule has 0 aliphatic heterocycles. The monoisotopic (exact) mass is 594 g/mol. The minimum absolute atomic E-state index is 0.159. The van der Waals surface area contributed by atoms with Crippen molar-refractivity contribution in [1.82, 2.24) is 4.90 Å². The predicted octanol–water partition coefficient (Wildman–Crippen LogP) is 10.9. The summed E-state index contributed by atoms with van der Waals surface area (Å²) in [5.41, 5.74) is -0.582. The van der Waals surface area contributed by atoms with Gasteiger partial charge in [-0.15, -0.1) is 0 Å². The topological polar surface area (TPSA) is 15.3 Å². The summed E-state index contributed by atoms with van der Waals surface area (Å²) in [6.07, 6.45) is -9.92. The molecule has 43 heavy (non-hydrogen) atoms. The van der Waals surface area contributed by atoms with Crippen molar-refractivity contribution in [3.8, 4) is 22.3 Å². The second kappa shape index (κ2) is 11.6. The number of alkyl halides is 6.